The molecule has 0 aliphatic carbocycles. The van der Waals surface area contributed by atoms with E-state index in [1.54, 1.807) is 12.4 Å². The van der Waals surface area contributed by atoms with Gasteiger partial charge in [-0.2, -0.15) is 0 Å². The van der Waals surface area contributed by atoms with Crippen LogP contribution in [0.4, 0.5) is 23.0 Å². The van der Waals surface area contributed by atoms with Gasteiger partial charge in [0.15, 0.2) is 11.6 Å². The Labute approximate surface area is 165 Å². The van der Waals surface area contributed by atoms with E-state index in [-0.39, 0.29) is 17.0 Å². The topological polar surface area (TPSA) is 45.2 Å². The van der Waals surface area contributed by atoms with Gasteiger partial charge in [0.05, 0.1) is 0 Å². The molecule has 2 unspecified atom stereocenters. The Kier molecular flexibility index (Phi) is 3.41. The van der Waals surface area contributed by atoms with Crippen molar-refractivity contribution in [3.63, 3.8) is 0 Å². The maximum Gasteiger partial charge on any atom is 0.178 e. The van der Waals surface area contributed by atoms with Gasteiger partial charge in [0, 0.05) is 47.0 Å². The molecule has 5 heteroatoms. The third-order valence-electron chi connectivity index (χ3n) is 6.66. The van der Waals surface area contributed by atoms with E-state index in [1.807, 2.05) is 24.5 Å². The largest absolute Gasteiger partial charge is 0.301 e. The van der Waals surface area contributed by atoms with Crippen LogP contribution in [-0.4, -0.2) is 21.1 Å². The van der Waals surface area contributed by atoms with E-state index in [9.17, 15) is 0 Å². The number of benzene rings is 1. The number of anilines is 4. The molecule has 2 atom stereocenters. The van der Waals surface area contributed by atoms with Crippen molar-refractivity contribution in [2.45, 2.75) is 32.4 Å². The highest BCUT2D eigenvalue weighted by molar-refractivity contribution is 5.86. The third kappa shape index (κ3) is 1.93. The molecule has 0 bridgehead atoms. The lowest BCUT2D eigenvalue weighted by atomic mass is 9.58. The molecule has 0 amide bonds. The van der Waals surface area contributed by atoms with Crippen molar-refractivity contribution in [2.75, 3.05) is 9.80 Å². The molecule has 2 aromatic heterocycles. The molecule has 5 rings (SSSR count). The molecule has 0 N–H and O–H groups in total. The minimum Gasteiger partial charge on any atom is -0.301 e. The SMILES string of the molecule is C=CC1(C)c2ccccc2N2c3nccnc3N(c3ccncc3)C2C1(C)C. The molecule has 0 saturated carbocycles. The monoisotopic (exact) mass is 369 g/mol. The predicted octanol–water partition coefficient (Wildman–Crippen LogP) is 4.97. The first-order valence-corrected chi connectivity index (χ1v) is 9.53. The fourth-order valence-corrected chi connectivity index (χ4v) is 4.78. The van der Waals surface area contributed by atoms with Crippen molar-refractivity contribution in [1.29, 1.82) is 0 Å². The third-order valence-corrected chi connectivity index (χ3v) is 6.66. The van der Waals surface area contributed by atoms with E-state index in [4.69, 9.17) is 9.97 Å². The van der Waals surface area contributed by atoms with E-state index in [2.05, 4.69) is 72.5 Å². The smallest absolute Gasteiger partial charge is 0.178 e. The van der Waals surface area contributed by atoms with Crippen molar-refractivity contribution in [3.8, 4) is 0 Å². The van der Waals surface area contributed by atoms with Crippen LogP contribution < -0.4 is 9.80 Å². The summed E-state index contributed by atoms with van der Waals surface area (Å²) in [6, 6.07) is 12.6. The van der Waals surface area contributed by atoms with Crippen molar-refractivity contribution in [1.82, 2.24) is 15.0 Å². The molecule has 0 spiro atoms. The second kappa shape index (κ2) is 5.64. The second-order valence-electron chi connectivity index (χ2n) is 8.17. The van der Waals surface area contributed by atoms with Crippen LogP contribution in [-0.2, 0) is 5.41 Å². The zero-order valence-corrected chi connectivity index (χ0v) is 16.4. The number of nitrogens with zero attached hydrogens (tertiary/aromatic N) is 5. The van der Waals surface area contributed by atoms with Crippen LogP contribution in [0.2, 0.25) is 0 Å². The standard InChI is InChI=1S/C23H23N5/c1-5-23(4)17-8-6-7-9-18(17)28-20-19(25-14-15-26-20)27(21(28)22(23,2)3)16-10-12-24-13-11-16/h5-15,21H,1H2,2-4H3. The van der Waals surface area contributed by atoms with Gasteiger partial charge in [0.2, 0.25) is 0 Å². The number of fused-ring (bicyclic) bond motifs is 5. The number of hydrogen-bond donors (Lipinski definition) is 0. The molecule has 3 aromatic rings. The Morgan fingerprint density at radius 2 is 1.54 bits per heavy atom. The van der Waals surface area contributed by atoms with E-state index >= 15 is 0 Å². The van der Waals surface area contributed by atoms with Crippen LogP contribution in [0.1, 0.15) is 26.3 Å². The number of hydrogen-bond acceptors (Lipinski definition) is 5. The molecule has 4 heterocycles. The summed E-state index contributed by atoms with van der Waals surface area (Å²) in [4.78, 5) is 18.3. The summed E-state index contributed by atoms with van der Waals surface area (Å²) in [5.41, 5.74) is 3.07. The molecular formula is C23H23N5. The van der Waals surface area contributed by atoms with E-state index < -0.39 is 0 Å². The fourth-order valence-electron chi connectivity index (χ4n) is 4.78. The first-order valence-electron chi connectivity index (χ1n) is 9.53. The highest BCUT2D eigenvalue weighted by Crippen LogP contribution is 2.61. The number of aromatic nitrogens is 3. The second-order valence-corrected chi connectivity index (χ2v) is 8.17. The van der Waals surface area contributed by atoms with Crippen LogP contribution in [0.3, 0.4) is 0 Å². The summed E-state index contributed by atoms with van der Waals surface area (Å²) < 4.78 is 0. The molecule has 0 fully saturated rings. The molecule has 5 nitrogen and oxygen atoms in total. The average Bonchev–Trinajstić information content (AvgIpc) is 3.09. The van der Waals surface area contributed by atoms with Gasteiger partial charge >= 0.3 is 0 Å². The lowest BCUT2D eigenvalue weighted by Gasteiger charge is -2.56. The summed E-state index contributed by atoms with van der Waals surface area (Å²) >= 11 is 0. The summed E-state index contributed by atoms with van der Waals surface area (Å²) in [6.07, 6.45) is 9.28. The Bertz CT molecular complexity index is 1060. The fraction of sp³-hybridized carbons (Fsp3) is 0.261. The van der Waals surface area contributed by atoms with Crippen molar-refractivity contribution < 1.29 is 0 Å². The Balaban J connectivity index is 1.86. The van der Waals surface area contributed by atoms with Crippen molar-refractivity contribution in [3.05, 3.63) is 79.4 Å². The molecule has 2 aliphatic heterocycles. The molecule has 28 heavy (non-hydrogen) atoms. The number of allylic oxidation sites excluding steroid dienone is 1. The van der Waals surface area contributed by atoms with Crippen LogP contribution in [0.15, 0.2) is 73.8 Å². The minimum atomic E-state index is -0.224. The molecule has 0 saturated heterocycles. The van der Waals surface area contributed by atoms with Crippen LogP contribution in [0, 0.1) is 5.41 Å². The number of pyridine rings is 1. The summed E-state index contributed by atoms with van der Waals surface area (Å²) in [5.74, 6) is 1.76. The van der Waals surface area contributed by atoms with E-state index in [1.165, 1.54) is 5.56 Å². The van der Waals surface area contributed by atoms with Crippen molar-refractivity contribution >= 4 is 23.0 Å². The highest BCUT2D eigenvalue weighted by atomic mass is 15.5. The lowest BCUT2D eigenvalue weighted by Crippen LogP contribution is -2.60. The maximum atomic E-state index is 4.74. The van der Waals surface area contributed by atoms with Gasteiger partial charge in [-0.05, 0) is 23.8 Å². The molecule has 140 valence electrons. The van der Waals surface area contributed by atoms with Gasteiger partial charge in [-0.15, -0.1) is 6.58 Å². The van der Waals surface area contributed by atoms with Gasteiger partial charge in [-0.1, -0.05) is 45.0 Å². The zero-order chi connectivity index (χ0) is 19.5. The maximum absolute atomic E-state index is 4.74. The molecule has 2 aliphatic rings. The summed E-state index contributed by atoms with van der Waals surface area (Å²) in [7, 11) is 0. The van der Waals surface area contributed by atoms with E-state index in [0.29, 0.717) is 0 Å². The normalized spacial score (nSPS) is 24.3. The molecule has 1 aromatic carbocycles. The zero-order valence-electron chi connectivity index (χ0n) is 16.4. The number of para-hydroxylation sites is 1. The Morgan fingerprint density at radius 1 is 0.893 bits per heavy atom. The van der Waals surface area contributed by atoms with Crippen molar-refractivity contribution in [2.24, 2.45) is 5.41 Å². The highest BCUT2D eigenvalue weighted by Gasteiger charge is 2.59. The first kappa shape index (κ1) is 16.9. The lowest BCUT2D eigenvalue weighted by molar-refractivity contribution is 0.171. The van der Waals surface area contributed by atoms with Gasteiger partial charge < -0.3 is 9.80 Å². The van der Waals surface area contributed by atoms with E-state index in [0.717, 1.165) is 23.0 Å². The Hall–Kier alpha value is -3.21. The number of rotatable bonds is 2. The Morgan fingerprint density at radius 3 is 2.21 bits per heavy atom. The van der Waals surface area contributed by atoms with Gasteiger partial charge in [-0.25, -0.2) is 9.97 Å². The van der Waals surface area contributed by atoms with Crippen LogP contribution in [0.25, 0.3) is 0 Å². The summed E-state index contributed by atoms with van der Waals surface area (Å²) in [5, 5.41) is 0. The quantitative estimate of drug-likeness (QED) is 0.597. The van der Waals surface area contributed by atoms with Crippen LogP contribution in [0.5, 0.6) is 0 Å². The van der Waals surface area contributed by atoms with Gasteiger partial charge in [-0.3, -0.25) is 4.98 Å². The minimum absolute atomic E-state index is 0.00481. The molecular weight excluding hydrogens is 346 g/mol. The molecule has 0 radical (unpaired) electrons. The first-order chi connectivity index (χ1) is 13.5. The predicted molar refractivity (Wildman–Crippen MR) is 112 cm³/mol. The van der Waals surface area contributed by atoms with Gasteiger partial charge in [0.1, 0.15) is 6.17 Å². The summed E-state index contributed by atoms with van der Waals surface area (Å²) in [6.45, 7) is 11.1. The average molecular weight is 369 g/mol. The van der Waals surface area contributed by atoms with Gasteiger partial charge in [0.25, 0.3) is 0 Å². The van der Waals surface area contributed by atoms with Crippen LogP contribution >= 0.6 is 0 Å².